The summed E-state index contributed by atoms with van der Waals surface area (Å²) >= 11 is 0. The van der Waals surface area contributed by atoms with Gasteiger partial charge in [0.1, 0.15) is 5.52 Å². The van der Waals surface area contributed by atoms with Gasteiger partial charge in [0, 0.05) is 6.20 Å². The maximum absolute atomic E-state index is 12.5. The molecule has 7 heteroatoms. The standard InChI is InChI=1S/C14H11F3N4/c15-14(16,17)10-3-1-9(2-4-10)8-21-12-5-6-19-7-11(12)20-13(21)18/h1-7H,8H2,(H2,18,20). The summed E-state index contributed by atoms with van der Waals surface area (Å²) in [5, 5.41) is 0. The fraction of sp³-hybridized carbons (Fsp3) is 0.143. The van der Waals surface area contributed by atoms with Crippen LogP contribution >= 0.6 is 0 Å². The molecule has 3 rings (SSSR count). The summed E-state index contributed by atoms with van der Waals surface area (Å²) in [5.41, 5.74) is 7.34. The van der Waals surface area contributed by atoms with Crippen LogP contribution in [0.5, 0.6) is 0 Å². The number of nitrogens with zero attached hydrogens (tertiary/aromatic N) is 3. The molecule has 0 amide bonds. The van der Waals surface area contributed by atoms with Crippen LogP contribution in [-0.4, -0.2) is 14.5 Å². The summed E-state index contributed by atoms with van der Waals surface area (Å²) in [5.74, 6) is 0.304. The zero-order valence-corrected chi connectivity index (χ0v) is 10.8. The molecule has 0 saturated heterocycles. The lowest BCUT2D eigenvalue weighted by Crippen LogP contribution is -2.07. The number of rotatable bonds is 2. The second-order valence-corrected chi connectivity index (χ2v) is 4.62. The van der Waals surface area contributed by atoms with Crippen molar-refractivity contribution in [3.05, 3.63) is 53.9 Å². The van der Waals surface area contributed by atoms with Gasteiger partial charge >= 0.3 is 6.18 Å². The Balaban J connectivity index is 1.94. The number of hydrogen-bond acceptors (Lipinski definition) is 3. The molecule has 0 bridgehead atoms. The molecule has 0 fully saturated rings. The van der Waals surface area contributed by atoms with Gasteiger partial charge in [-0.25, -0.2) is 4.98 Å². The number of nitrogens with two attached hydrogens (primary N) is 1. The molecule has 2 N–H and O–H groups in total. The van der Waals surface area contributed by atoms with E-state index in [1.807, 2.05) is 0 Å². The Hall–Kier alpha value is -2.57. The molecule has 0 radical (unpaired) electrons. The lowest BCUT2D eigenvalue weighted by Gasteiger charge is -2.09. The zero-order chi connectivity index (χ0) is 15.0. The van der Waals surface area contributed by atoms with Gasteiger partial charge in [-0.2, -0.15) is 13.2 Å². The van der Waals surface area contributed by atoms with E-state index in [-0.39, 0.29) is 0 Å². The first kappa shape index (κ1) is 13.4. The lowest BCUT2D eigenvalue weighted by atomic mass is 10.1. The minimum Gasteiger partial charge on any atom is -0.369 e. The van der Waals surface area contributed by atoms with Crippen LogP contribution in [0.3, 0.4) is 0 Å². The number of anilines is 1. The summed E-state index contributed by atoms with van der Waals surface area (Å²) in [6.07, 6.45) is -1.12. The summed E-state index contributed by atoms with van der Waals surface area (Å²) < 4.78 is 39.3. The van der Waals surface area contributed by atoms with E-state index in [4.69, 9.17) is 5.73 Å². The van der Waals surface area contributed by atoms with Crippen LogP contribution < -0.4 is 5.73 Å². The van der Waals surface area contributed by atoms with Gasteiger partial charge in [0.25, 0.3) is 0 Å². The normalized spacial score (nSPS) is 12.0. The van der Waals surface area contributed by atoms with E-state index in [9.17, 15) is 13.2 Å². The van der Waals surface area contributed by atoms with Gasteiger partial charge in [-0.15, -0.1) is 0 Å². The molecule has 0 aliphatic heterocycles. The Morgan fingerprint density at radius 2 is 1.81 bits per heavy atom. The minimum atomic E-state index is -4.33. The summed E-state index contributed by atoms with van der Waals surface area (Å²) in [6.45, 7) is 0.352. The van der Waals surface area contributed by atoms with Crippen molar-refractivity contribution in [3.63, 3.8) is 0 Å². The highest BCUT2D eigenvalue weighted by Gasteiger charge is 2.29. The van der Waals surface area contributed by atoms with Gasteiger partial charge in [-0.3, -0.25) is 4.98 Å². The molecule has 4 nitrogen and oxygen atoms in total. The van der Waals surface area contributed by atoms with E-state index in [0.29, 0.717) is 23.6 Å². The van der Waals surface area contributed by atoms with Crippen molar-refractivity contribution in [2.75, 3.05) is 5.73 Å². The SMILES string of the molecule is Nc1nc2cnccc2n1Cc1ccc(C(F)(F)F)cc1. The molecule has 1 aromatic carbocycles. The first-order valence-electron chi connectivity index (χ1n) is 6.17. The van der Waals surface area contributed by atoms with E-state index in [0.717, 1.165) is 17.6 Å². The number of halogens is 3. The van der Waals surface area contributed by atoms with Crippen LogP contribution in [0.2, 0.25) is 0 Å². The molecule has 0 atom stereocenters. The van der Waals surface area contributed by atoms with Gasteiger partial charge in [-0.1, -0.05) is 12.1 Å². The fourth-order valence-corrected chi connectivity index (χ4v) is 2.15. The first-order valence-corrected chi connectivity index (χ1v) is 6.17. The highest BCUT2D eigenvalue weighted by Crippen LogP contribution is 2.29. The van der Waals surface area contributed by atoms with Crippen LogP contribution in [-0.2, 0) is 12.7 Å². The zero-order valence-electron chi connectivity index (χ0n) is 10.8. The van der Waals surface area contributed by atoms with Crippen molar-refractivity contribution in [3.8, 4) is 0 Å². The van der Waals surface area contributed by atoms with Crippen molar-refractivity contribution < 1.29 is 13.2 Å². The average Bonchev–Trinajstić information content (AvgIpc) is 2.75. The maximum atomic E-state index is 12.5. The van der Waals surface area contributed by atoms with Gasteiger partial charge in [0.05, 0.1) is 23.8 Å². The molecule has 0 saturated carbocycles. The molecule has 108 valence electrons. The second-order valence-electron chi connectivity index (χ2n) is 4.62. The quantitative estimate of drug-likeness (QED) is 0.789. The molecular formula is C14H11F3N4. The number of benzene rings is 1. The molecule has 0 unspecified atom stereocenters. The third-order valence-corrected chi connectivity index (χ3v) is 3.20. The van der Waals surface area contributed by atoms with Crippen LogP contribution in [0, 0.1) is 0 Å². The van der Waals surface area contributed by atoms with Crippen molar-refractivity contribution in [1.82, 2.24) is 14.5 Å². The smallest absolute Gasteiger partial charge is 0.369 e. The number of aromatic nitrogens is 3. The predicted molar refractivity (Wildman–Crippen MR) is 72.5 cm³/mol. The van der Waals surface area contributed by atoms with Crippen LogP contribution in [0.4, 0.5) is 19.1 Å². The Kier molecular flexibility index (Phi) is 3.04. The number of nitrogen functional groups attached to an aromatic ring is 1. The number of alkyl halides is 3. The van der Waals surface area contributed by atoms with Crippen molar-refractivity contribution in [2.45, 2.75) is 12.7 Å². The van der Waals surface area contributed by atoms with Crippen LogP contribution in [0.1, 0.15) is 11.1 Å². The highest BCUT2D eigenvalue weighted by molar-refractivity contribution is 5.77. The lowest BCUT2D eigenvalue weighted by molar-refractivity contribution is -0.137. The summed E-state index contributed by atoms with van der Waals surface area (Å²) in [7, 11) is 0. The number of pyridine rings is 1. The van der Waals surface area contributed by atoms with Gasteiger partial charge in [0.2, 0.25) is 5.95 Å². The number of fused-ring (bicyclic) bond motifs is 1. The second kappa shape index (κ2) is 4.76. The molecule has 3 aromatic rings. The summed E-state index contributed by atoms with van der Waals surface area (Å²) in [6, 6.07) is 6.77. The van der Waals surface area contributed by atoms with Crippen LogP contribution in [0.15, 0.2) is 42.7 Å². The topological polar surface area (TPSA) is 56.7 Å². The Labute approximate surface area is 118 Å². The van der Waals surface area contributed by atoms with Gasteiger partial charge in [0.15, 0.2) is 0 Å². The van der Waals surface area contributed by atoms with E-state index >= 15 is 0 Å². The Bertz CT molecular complexity index is 775. The largest absolute Gasteiger partial charge is 0.416 e. The van der Waals surface area contributed by atoms with E-state index in [1.54, 1.807) is 23.0 Å². The highest BCUT2D eigenvalue weighted by atomic mass is 19.4. The van der Waals surface area contributed by atoms with Gasteiger partial charge in [-0.05, 0) is 23.8 Å². The predicted octanol–water partition coefficient (Wildman–Crippen LogP) is 3.08. The monoisotopic (exact) mass is 292 g/mol. The molecule has 21 heavy (non-hydrogen) atoms. The minimum absolute atomic E-state index is 0.304. The van der Waals surface area contributed by atoms with E-state index in [1.165, 1.54) is 12.1 Å². The summed E-state index contributed by atoms with van der Waals surface area (Å²) in [4.78, 5) is 8.12. The molecule has 2 aromatic heterocycles. The maximum Gasteiger partial charge on any atom is 0.416 e. The van der Waals surface area contributed by atoms with Gasteiger partial charge < -0.3 is 10.3 Å². The fourth-order valence-electron chi connectivity index (χ4n) is 2.15. The Morgan fingerprint density at radius 3 is 2.48 bits per heavy atom. The molecular weight excluding hydrogens is 281 g/mol. The van der Waals surface area contributed by atoms with Crippen molar-refractivity contribution in [2.24, 2.45) is 0 Å². The first-order chi connectivity index (χ1) is 9.95. The third-order valence-electron chi connectivity index (χ3n) is 3.20. The number of imidazole rings is 1. The third kappa shape index (κ3) is 2.54. The van der Waals surface area contributed by atoms with E-state index in [2.05, 4.69) is 9.97 Å². The molecule has 0 aliphatic carbocycles. The van der Waals surface area contributed by atoms with Crippen molar-refractivity contribution in [1.29, 1.82) is 0 Å². The van der Waals surface area contributed by atoms with Crippen molar-refractivity contribution >= 4 is 17.0 Å². The molecule has 0 spiro atoms. The molecule has 2 heterocycles. The average molecular weight is 292 g/mol. The number of hydrogen-bond donors (Lipinski definition) is 1. The van der Waals surface area contributed by atoms with E-state index < -0.39 is 11.7 Å². The Morgan fingerprint density at radius 1 is 1.10 bits per heavy atom. The van der Waals surface area contributed by atoms with Crippen LogP contribution in [0.25, 0.3) is 11.0 Å². The molecule has 0 aliphatic rings.